The van der Waals surface area contributed by atoms with E-state index in [0.29, 0.717) is 6.42 Å². The number of aliphatic hydroxyl groups is 1. The first kappa shape index (κ1) is 22.8. The van der Waals surface area contributed by atoms with Crippen LogP contribution in [0.1, 0.15) is 39.2 Å². The predicted molar refractivity (Wildman–Crippen MR) is 103 cm³/mol. The maximum atomic E-state index is 12.0. The summed E-state index contributed by atoms with van der Waals surface area (Å²) in [5.74, 6) is -0.768. The Bertz CT molecular complexity index is 605. The number of hydrogen-bond acceptors (Lipinski definition) is 5. The number of aliphatic hydroxyl groups excluding tert-OH is 1. The molecular weight excluding hydrogens is 346 g/mol. The van der Waals surface area contributed by atoms with Gasteiger partial charge >= 0.3 is 0 Å². The van der Waals surface area contributed by atoms with Crippen LogP contribution >= 0.6 is 0 Å². The van der Waals surface area contributed by atoms with Crippen molar-refractivity contribution < 1.29 is 19.5 Å². The van der Waals surface area contributed by atoms with Crippen LogP contribution in [-0.2, 0) is 20.8 Å². The van der Waals surface area contributed by atoms with Gasteiger partial charge in [-0.3, -0.25) is 14.4 Å². The van der Waals surface area contributed by atoms with Gasteiger partial charge in [-0.2, -0.15) is 0 Å². The van der Waals surface area contributed by atoms with Gasteiger partial charge in [-0.15, -0.1) is 0 Å². The van der Waals surface area contributed by atoms with Gasteiger partial charge in [-0.05, 0) is 31.2 Å². The summed E-state index contributed by atoms with van der Waals surface area (Å²) >= 11 is 0. The summed E-state index contributed by atoms with van der Waals surface area (Å²) in [6.45, 7) is 5.19. The average Bonchev–Trinajstić information content (AvgIpc) is 2.63. The summed E-state index contributed by atoms with van der Waals surface area (Å²) in [6, 6.07) is 7.49. The molecule has 1 rings (SSSR count). The van der Waals surface area contributed by atoms with Gasteiger partial charge in [-0.1, -0.05) is 44.2 Å². The SMILES string of the molecule is CC(N)C(=O)N[C@@H](Cc1ccccc1)[C@@H](O)CCC(=O)NC([C]=O)C(C)C. The van der Waals surface area contributed by atoms with Crippen molar-refractivity contribution in [2.45, 2.75) is 64.3 Å². The molecule has 4 atom stereocenters. The van der Waals surface area contributed by atoms with Crippen molar-refractivity contribution in [3.8, 4) is 0 Å². The molecule has 7 heteroatoms. The van der Waals surface area contributed by atoms with Crippen LogP contribution in [0.5, 0.6) is 0 Å². The van der Waals surface area contributed by atoms with Crippen LogP contribution < -0.4 is 16.4 Å². The first-order chi connectivity index (χ1) is 12.7. The highest BCUT2D eigenvalue weighted by molar-refractivity contribution is 5.81. The fraction of sp³-hybridized carbons (Fsp3) is 0.550. The summed E-state index contributed by atoms with van der Waals surface area (Å²) < 4.78 is 0. The molecule has 1 aromatic rings. The largest absolute Gasteiger partial charge is 0.391 e. The van der Waals surface area contributed by atoms with Crippen molar-refractivity contribution in [3.05, 3.63) is 35.9 Å². The second-order valence-electron chi connectivity index (χ2n) is 7.11. The first-order valence-electron chi connectivity index (χ1n) is 9.19. The van der Waals surface area contributed by atoms with Crippen molar-refractivity contribution in [1.29, 1.82) is 0 Å². The van der Waals surface area contributed by atoms with Crippen molar-refractivity contribution in [2.24, 2.45) is 11.7 Å². The molecule has 0 saturated carbocycles. The van der Waals surface area contributed by atoms with Gasteiger partial charge in [0.15, 0.2) is 0 Å². The second kappa shape index (κ2) is 11.5. The molecule has 27 heavy (non-hydrogen) atoms. The van der Waals surface area contributed by atoms with E-state index < -0.39 is 24.2 Å². The summed E-state index contributed by atoms with van der Waals surface area (Å²) in [5.41, 5.74) is 6.55. The molecule has 1 aromatic carbocycles. The van der Waals surface area contributed by atoms with Crippen LogP contribution in [0.15, 0.2) is 30.3 Å². The van der Waals surface area contributed by atoms with Crippen LogP contribution in [-0.4, -0.2) is 47.4 Å². The van der Waals surface area contributed by atoms with Crippen molar-refractivity contribution >= 4 is 18.1 Å². The number of hydrogen-bond donors (Lipinski definition) is 4. The minimum atomic E-state index is -0.934. The Morgan fingerprint density at radius 3 is 2.30 bits per heavy atom. The highest BCUT2D eigenvalue weighted by Crippen LogP contribution is 2.11. The molecule has 7 nitrogen and oxygen atoms in total. The Morgan fingerprint density at radius 2 is 1.78 bits per heavy atom. The van der Waals surface area contributed by atoms with Crippen molar-refractivity contribution in [1.82, 2.24) is 10.6 Å². The number of carbonyl (C=O) groups excluding carboxylic acids is 3. The number of carbonyl (C=O) groups is 2. The normalized spacial score (nSPS) is 15.5. The molecule has 149 valence electrons. The highest BCUT2D eigenvalue weighted by Gasteiger charge is 2.24. The Labute approximate surface area is 160 Å². The van der Waals surface area contributed by atoms with Crippen molar-refractivity contribution in [3.63, 3.8) is 0 Å². The zero-order valence-electron chi connectivity index (χ0n) is 16.1. The number of rotatable bonds is 11. The van der Waals surface area contributed by atoms with Gasteiger partial charge in [0.1, 0.15) is 0 Å². The smallest absolute Gasteiger partial charge is 0.236 e. The van der Waals surface area contributed by atoms with Gasteiger partial charge in [-0.25, -0.2) is 0 Å². The quantitative estimate of drug-likeness (QED) is 0.447. The Balaban J connectivity index is 2.69. The maximum absolute atomic E-state index is 12.0. The monoisotopic (exact) mass is 376 g/mol. The lowest BCUT2D eigenvalue weighted by atomic mass is 9.97. The second-order valence-corrected chi connectivity index (χ2v) is 7.11. The van der Waals surface area contributed by atoms with Gasteiger partial charge < -0.3 is 21.5 Å². The third-order valence-corrected chi connectivity index (χ3v) is 4.28. The molecule has 0 heterocycles. The van der Waals surface area contributed by atoms with Crippen LogP contribution in [0.4, 0.5) is 0 Å². The van der Waals surface area contributed by atoms with Crippen LogP contribution in [0.3, 0.4) is 0 Å². The topological polar surface area (TPSA) is 122 Å². The number of nitrogens with two attached hydrogens (primary N) is 1. The molecule has 2 unspecified atom stereocenters. The molecular formula is C20H30N3O4. The lowest BCUT2D eigenvalue weighted by Crippen LogP contribution is -2.50. The van der Waals surface area contributed by atoms with E-state index in [9.17, 15) is 19.5 Å². The van der Waals surface area contributed by atoms with Gasteiger partial charge in [0, 0.05) is 6.42 Å². The lowest BCUT2D eigenvalue weighted by Gasteiger charge is -2.25. The van der Waals surface area contributed by atoms with Crippen molar-refractivity contribution in [2.75, 3.05) is 0 Å². The summed E-state index contributed by atoms with van der Waals surface area (Å²) in [4.78, 5) is 34.9. The number of nitrogens with one attached hydrogen (secondary N) is 2. The predicted octanol–water partition coefficient (Wildman–Crippen LogP) is 0.453. The van der Waals surface area contributed by atoms with E-state index >= 15 is 0 Å². The molecule has 0 aliphatic heterocycles. The Kier molecular flexibility index (Phi) is 9.67. The zero-order chi connectivity index (χ0) is 20.4. The summed E-state index contributed by atoms with van der Waals surface area (Å²) in [6.07, 6.45) is 1.46. The molecule has 0 saturated heterocycles. The molecule has 0 fully saturated rings. The van der Waals surface area contributed by atoms with E-state index in [-0.39, 0.29) is 30.6 Å². The molecule has 0 aromatic heterocycles. The van der Waals surface area contributed by atoms with E-state index in [1.54, 1.807) is 13.2 Å². The molecule has 0 bridgehead atoms. The first-order valence-corrected chi connectivity index (χ1v) is 9.19. The van der Waals surface area contributed by atoms with E-state index in [1.165, 1.54) is 0 Å². The third kappa shape index (κ3) is 8.32. The summed E-state index contributed by atoms with van der Waals surface area (Å²) in [7, 11) is 0. The third-order valence-electron chi connectivity index (χ3n) is 4.28. The molecule has 0 spiro atoms. The highest BCUT2D eigenvalue weighted by atomic mass is 16.3. The van der Waals surface area contributed by atoms with Gasteiger partial charge in [0.25, 0.3) is 0 Å². The fourth-order valence-corrected chi connectivity index (χ4v) is 2.52. The Hall–Kier alpha value is -2.25. The van der Waals surface area contributed by atoms with E-state index in [4.69, 9.17) is 5.73 Å². The van der Waals surface area contributed by atoms with E-state index in [1.807, 2.05) is 44.2 Å². The maximum Gasteiger partial charge on any atom is 0.236 e. The molecule has 0 aliphatic carbocycles. The molecule has 2 amide bonds. The van der Waals surface area contributed by atoms with Crippen LogP contribution in [0.2, 0.25) is 0 Å². The average molecular weight is 376 g/mol. The lowest BCUT2D eigenvalue weighted by molar-refractivity contribution is -0.123. The zero-order valence-corrected chi connectivity index (χ0v) is 16.1. The van der Waals surface area contributed by atoms with Gasteiger partial charge in [0.05, 0.1) is 24.2 Å². The summed E-state index contributed by atoms with van der Waals surface area (Å²) in [5, 5.41) is 15.9. The minimum absolute atomic E-state index is 0.0331. The molecule has 0 aliphatic rings. The Morgan fingerprint density at radius 1 is 1.15 bits per heavy atom. The van der Waals surface area contributed by atoms with E-state index in [0.717, 1.165) is 5.56 Å². The number of benzene rings is 1. The molecule has 1 radical (unpaired) electrons. The van der Waals surface area contributed by atoms with Crippen LogP contribution in [0, 0.1) is 5.92 Å². The standard InChI is InChI=1S/C20H30N3O4/c1-13(2)17(12-24)22-19(26)10-9-18(25)16(23-20(27)14(3)21)11-15-7-5-4-6-8-15/h4-8,13-14,16-18,25H,9-11,21H2,1-3H3,(H,22,26)(H,23,27)/t14?,16-,17?,18-/m0/s1. The minimum Gasteiger partial charge on any atom is -0.391 e. The van der Waals surface area contributed by atoms with Crippen LogP contribution in [0.25, 0.3) is 0 Å². The number of amides is 2. The molecule has 5 N–H and O–H groups in total. The van der Waals surface area contributed by atoms with E-state index in [2.05, 4.69) is 10.6 Å². The van der Waals surface area contributed by atoms with Gasteiger partial charge in [0.2, 0.25) is 18.1 Å². The fourth-order valence-electron chi connectivity index (χ4n) is 2.52.